The zero-order chi connectivity index (χ0) is 18.2. The van der Waals surface area contributed by atoms with Gasteiger partial charge < -0.3 is 15.4 Å². The fourth-order valence-electron chi connectivity index (χ4n) is 2.01. The van der Waals surface area contributed by atoms with E-state index in [1.807, 2.05) is 0 Å². The molecule has 0 unspecified atom stereocenters. The van der Waals surface area contributed by atoms with Crippen LogP contribution < -0.4 is 15.4 Å². The zero-order valence-electron chi connectivity index (χ0n) is 13.6. The average Bonchev–Trinajstić information content (AvgIpc) is 2.57. The lowest BCUT2D eigenvalue weighted by Crippen LogP contribution is -2.29. The maximum absolute atomic E-state index is 11.2. The van der Waals surface area contributed by atoms with E-state index in [2.05, 4.69) is 17.6 Å². The maximum atomic E-state index is 11.2. The molecule has 0 fully saturated rings. The van der Waals surface area contributed by atoms with Crippen molar-refractivity contribution in [3.8, 4) is 11.5 Å². The SMILES string of the molecule is CCCCNC(=S)Nc1cc(Oc2ccc(Cl)cc2)cc([N+](=O)[O-])c1. The number of hydrogen-bond acceptors (Lipinski definition) is 4. The van der Waals surface area contributed by atoms with Gasteiger partial charge in [-0.25, -0.2) is 0 Å². The fraction of sp³-hybridized carbons (Fsp3) is 0.235. The lowest BCUT2D eigenvalue weighted by atomic mass is 10.2. The quantitative estimate of drug-likeness (QED) is 0.300. The molecule has 0 radical (unpaired) electrons. The first kappa shape index (κ1) is 19.0. The van der Waals surface area contributed by atoms with Crippen LogP contribution in [0.4, 0.5) is 11.4 Å². The molecule has 0 aromatic heterocycles. The molecule has 0 aliphatic rings. The van der Waals surface area contributed by atoms with Gasteiger partial charge in [-0.15, -0.1) is 0 Å². The van der Waals surface area contributed by atoms with E-state index >= 15 is 0 Å². The first-order valence-corrected chi connectivity index (χ1v) is 8.54. The van der Waals surface area contributed by atoms with Crippen molar-refractivity contribution in [2.75, 3.05) is 11.9 Å². The zero-order valence-corrected chi connectivity index (χ0v) is 15.2. The average molecular weight is 380 g/mol. The molecule has 0 spiro atoms. The molecule has 2 rings (SSSR count). The van der Waals surface area contributed by atoms with E-state index in [0.717, 1.165) is 19.4 Å². The topological polar surface area (TPSA) is 76.4 Å². The van der Waals surface area contributed by atoms with Gasteiger partial charge in [0.15, 0.2) is 5.11 Å². The minimum absolute atomic E-state index is 0.0923. The third-order valence-electron chi connectivity index (χ3n) is 3.23. The highest BCUT2D eigenvalue weighted by Gasteiger charge is 2.12. The lowest BCUT2D eigenvalue weighted by molar-refractivity contribution is -0.384. The summed E-state index contributed by atoms with van der Waals surface area (Å²) in [6.07, 6.45) is 2.03. The summed E-state index contributed by atoms with van der Waals surface area (Å²) in [5, 5.41) is 18.1. The molecule has 0 saturated heterocycles. The number of nitro benzene ring substituents is 1. The number of non-ortho nitro benzene ring substituents is 1. The minimum atomic E-state index is -0.479. The second-order valence-electron chi connectivity index (χ2n) is 5.26. The van der Waals surface area contributed by atoms with Gasteiger partial charge in [0.05, 0.1) is 16.7 Å². The first-order valence-electron chi connectivity index (χ1n) is 7.75. The van der Waals surface area contributed by atoms with Crippen LogP contribution in [0.5, 0.6) is 11.5 Å². The van der Waals surface area contributed by atoms with Crippen molar-refractivity contribution >= 4 is 40.3 Å². The second-order valence-corrected chi connectivity index (χ2v) is 6.11. The molecule has 0 atom stereocenters. The largest absolute Gasteiger partial charge is 0.457 e. The summed E-state index contributed by atoms with van der Waals surface area (Å²) in [7, 11) is 0. The van der Waals surface area contributed by atoms with Gasteiger partial charge >= 0.3 is 0 Å². The first-order chi connectivity index (χ1) is 12.0. The summed E-state index contributed by atoms with van der Waals surface area (Å²) in [5.74, 6) is 0.856. The third kappa shape index (κ3) is 6.21. The van der Waals surface area contributed by atoms with Gasteiger partial charge in [0, 0.05) is 23.7 Å². The molecule has 132 valence electrons. The third-order valence-corrected chi connectivity index (χ3v) is 3.72. The van der Waals surface area contributed by atoms with Crippen LogP contribution in [-0.4, -0.2) is 16.6 Å². The Kier molecular flexibility index (Phi) is 6.97. The predicted molar refractivity (Wildman–Crippen MR) is 104 cm³/mol. The number of rotatable bonds is 7. The van der Waals surface area contributed by atoms with E-state index in [1.54, 1.807) is 30.3 Å². The minimum Gasteiger partial charge on any atom is -0.457 e. The fourth-order valence-corrected chi connectivity index (χ4v) is 2.36. The molecule has 0 bridgehead atoms. The molecule has 0 aliphatic carbocycles. The van der Waals surface area contributed by atoms with E-state index in [9.17, 15) is 10.1 Å². The van der Waals surface area contributed by atoms with Gasteiger partial charge in [-0.3, -0.25) is 10.1 Å². The summed E-state index contributed by atoms with van der Waals surface area (Å²) in [4.78, 5) is 10.7. The molecule has 2 aromatic carbocycles. The molecule has 0 saturated carbocycles. The van der Waals surface area contributed by atoms with E-state index < -0.39 is 4.92 Å². The van der Waals surface area contributed by atoms with Gasteiger partial charge in [-0.2, -0.15) is 0 Å². The molecule has 2 aromatic rings. The van der Waals surface area contributed by atoms with Crippen LogP contribution >= 0.6 is 23.8 Å². The highest BCUT2D eigenvalue weighted by atomic mass is 35.5. The molecule has 6 nitrogen and oxygen atoms in total. The number of halogens is 1. The molecule has 2 N–H and O–H groups in total. The molecule has 0 aliphatic heterocycles. The summed E-state index contributed by atoms with van der Waals surface area (Å²) < 4.78 is 5.68. The van der Waals surface area contributed by atoms with Crippen LogP contribution in [0.15, 0.2) is 42.5 Å². The van der Waals surface area contributed by atoms with Gasteiger partial charge in [-0.1, -0.05) is 24.9 Å². The Balaban J connectivity index is 2.16. The van der Waals surface area contributed by atoms with Crippen LogP contribution in [0, 0.1) is 10.1 Å². The van der Waals surface area contributed by atoms with Gasteiger partial charge in [-0.05, 0) is 42.9 Å². The van der Waals surface area contributed by atoms with Gasteiger partial charge in [0.25, 0.3) is 5.69 Å². The number of anilines is 1. The van der Waals surface area contributed by atoms with Crippen molar-refractivity contribution in [1.29, 1.82) is 0 Å². The van der Waals surface area contributed by atoms with Crippen molar-refractivity contribution in [1.82, 2.24) is 5.32 Å². The van der Waals surface area contributed by atoms with Crippen molar-refractivity contribution in [2.24, 2.45) is 0 Å². The number of nitro groups is 1. The summed E-state index contributed by atoms with van der Waals surface area (Å²) in [5.41, 5.74) is 0.387. The summed E-state index contributed by atoms with van der Waals surface area (Å²) in [6, 6.07) is 11.1. The van der Waals surface area contributed by atoms with Crippen LogP contribution in [-0.2, 0) is 0 Å². The smallest absolute Gasteiger partial charge is 0.275 e. The normalized spacial score (nSPS) is 10.2. The molecule has 25 heavy (non-hydrogen) atoms. The molecule has 0 amide bonds. The maximum Gasteiger partial charge on any atom is 0.275 e. The van der Waals surface area contributed by atoms with E-state index in [1.165, 1.54) is 12.1 Å². The summed E-state index contributed by atoms with van der Waals surface area (Å²) >= 11 is 11.0. The Morgan fingerprint density at radius 2 is 1.96 bits per heavy atom. The highest BCUT2D eigenvalue weighted by molar-refractivity contribution is 7.80. The van der Waals surface area contributed by atoms with Crippen LogP contribution in [0.1, 0.15) is 19.8 Å². The Labute approximate surface area is 156 Å². The van der Waals surface area contributed by atoms with Crippen LogP contribution in [0.3, 0.4) is 0 Å². The lowest BCUT2D eigenvalue weighted by Gasteiger charge is -2.12. The van der Waals surface area contributed by atoms with E-state index in [4.69, 9.17) is 28.6 Å². The number of benzene rings is 2. The monoisotopic (exact) mass is 379 g/mol. The number of nitrogens with one attached hydrogen (secondary N) is 2. The highest BCUT2D eigenvalue weighted by Crippen LogP contribution is 2.30. The Bertz CT molecular complexity index is 753. The molecular formula is C17H18ClN3O3S. The van der Waals surface area contributed by atoms with E-state index in [0.29, 0.717) is 27.3 Å². The number of ether oxygens (including phenoxy) is 1. The van der Waals surface area contributed by atoms with Crippen molar-refractivity contribution in [2.45, 2.75) is 19.8 Å². The Hall–Kier alpha value is -2.38. The molecule has 8 heteroatoms. The van der Waals surface area contributed by atoms with Crippen LogP contribution in [0.2, 0.25) is 5.02 Å². The standard InChI is InChI=1S/C17H18ClN3O3S/c1-2-3-8-19-17(25)20-13-9-14(21(22)23)11-16(10-13)24-15-6-4-12(18)5-7-15/h4-7,9-11H,2-3,8H2,1H3,(H2,19,20,25). The van der Waals surface area contributed by atoms with Crippen molar-refractivity contribution in [3.05, 3.63) is 57.6 Å². The Morgan fingerprint density at radius 3 is 2.60 bits per heavy atom. The predicted octanol–water partition coefficient (Wildman–Crippen LogP) is 5.13. The Morgan fingerprint density at radius 1 is 1.24 bits per heavy atom. The van der Waals surface area contributed by atoms with Gasteiger partial charge in [0.1, 0.15) is 11.5 Å². The molecular weight excluding hydrogens is 362 g/mol. The number of thiocarbonyl (C=S) groups is 1. The van der Waals surface area contributed by atoms with Crippen LogP contribution in [0.25, 0.3) is 0 Å². The van der Waals surface area contributed by atoms with Gasteiger partial charge in [0.2, 0.25) is 0 Å². The second kappa shape index (κ2) is 9.19. The van der Waals surface area contributed by atoms with E-state index in [-0.39, 0.29) is 5.69 Å². The van der Waals surface area contributed by atoms with Crippen molar-refractivity contribution in [3.63, 3.8) is 0 Å². The molecule has 0 heterocycles. The van der Waals surface area contributed by atoms with Crippen molar-refractivity contribution < 1.29 is 9.66 Å². The number of nitrogens with zero attached hydrogens (tertiary/aromatic N) is 1. The summed E-state index contributed by atoms with van der Waals surface area (Å²) in [6.45, 7) is 2.82. The number of hydrogen-bond donors (Lipinski definition) is 2. The number of unbranched alkanes of at least 4 members (excludes halogenated alkanes) is 1.